The van der Waals surface area contributed by atoms with Crippen molar-refractivity contribution in [3.63, 3.8) is 0 Å². The van der Waals surface area contributed by atoms with Crippen molar-refractivity contribution >= 4 is 33.2 Å². The lowest BCUT2D eigenvalue weighted by Crippen LogP contribution is -2.30. The van der Waals surface area contributed by atoms with Gasteiger partial charge in [0.2, 0.25) is 5.91 Å². The first-order valence-corrected chi connectivity index (χ1v) is 6.70. The molecule has 19 heavy (non-hydrogen) atoms. The zero-order valence-corrected chi connectivity index (χ0v) is 11.7. The van der Waals surface area contributed by atoms with E-state index in [4.69, 9.17) is 4.74 Å². The molecule has 1 N–H and O–H groups in total. The van der Waals surface area contributed by atoms with Crippen molar-refractivity contribution in [1.29, 1.82) is 0 Å². The van der Waals surface area contributed by atoms with Crippen LogP contribution in [0.1, 0.15) is 12.8 Å². The molecule has 6 nitrogen and oxygen atoms in total. The molecule has 0 saturated carbocycles. The van der Waals surface area contributed by atoms with E-state index in [1.54, 1.807) is 0 Å². The molecule has 1 atom stereocenters. The molecule has 1 amide bonds. The standard InChI is InChI=1S/C12H13BrN2O4/c13-10-6-9(3-4-11(10)15(17)18)14-12(16)8-2-1-5-19-7-8/h3-4,6,8H,1-2,5,7H2,(H,14,16)/t8-/m0/s1. The summed E-state index contributed by atoms with van der Waals surface area (Å²) in [4.78, 5) is 22.2. The van der Waals surface area contributed by atoms with Gasteiger partial charge in [-0.25, -0.2) is 0 Å². The van der Waals surface area contributed by atoms with Gasteiger partial charge in [-0.3, -0.25) is 14.9 Å². The predicted octanol–water partition coefficient (Wildman–Crippen LogP) is 2.72. The first-order valence-electron chi connectivity index (χ1n) is 5.90. The van der Waals surface area contributed by atoms with E-state index in [-0.39, 0.29) is 17.5 Å². The average Bonchev–Trinajstić information content (AvgIpc) is 2.39. The Morgan fingerprint density at radius 2 is 2.32 bits per heavy atom. The lowest BCUT2D eigenvalue weighted by molar-refractivity contribution is -0.385. The number of carbonyl (C=O) groups is 1. The number of carbonyl (C=O) groups excluding carboxylic acids is 1. The third kappa shape index (κ3) is 3.51. The number of benzene rings is 1. The summed E-state index contributed by atoms with van der Waals surface area (Å²) in [7, 11) is 0. The minimum absolute atomic E-state index is 0.0287. The Balaban J connectivity index is 2.04. The molecule has 0 spiro atoms. The fraction of sp³-hybridized carbons (Fsp3) is 0.417. The molecule has 0 aliphatic carbocycles. The number of hydrogen-bond donors (Lipinski definition) is 1. The van der Waals surface area contributed by atoms with Crippen LogP contribution < -0.4 is 5.32 Å². The Morgan fingerprint density at radius 1 is 1.53 bits per heavy atom. The van der Waals surface area contributed by atoms with Crippen molar-refractivity contribution in [2.24, 2.45) is 5.92 Å². The molecule has 1 aliphatic rings. The maximum atomic E-state index is 12.0. The van der Waals surface area contributed by atoms with Gasteiger partial charge in [-0.05, 0) is 40.9 Å². The topological polar surface area (TPSA) is 81.5 Å². The Kier molecular flexibility index (Phi) is 4.49. The summed E-state index contributed by atoms with van der Waals surface area (Å²) in [6, 6.07) is 4.40. The molecule has 1 aliphatic heterocycles. The van der Waals surface area contributed by atoms with Crippen molar-refractivity contribution in [2.45, 2.75) is 12.8 Å². The zero-order valence-electron chi connectivity index (χ0n) is 10.1. The van der Waals surface area contributed by atoms with Crippen molar-refractivity contribution in [3.8, 4) is 0 Å². The highest BCUT2D eigenvalue weighted by molar-refractivity contribution is 9.10. The second kappa shape index (κ2) is 6.12. The number of halogens is 1. The minimum Gasteiger partial charge on any atom is -0.381 e. The first kappa shape index (κ1) is 14.0. The molecule has 7 heteroatoms. The number of nitrogens with one attached hydrogen (secondary N) is 1. The quantitative estimate of drug-likeness (QED) is 0.683. The number of nitro groups is 1. The van der Waals surface area contributed by atoms with Gasteiger partial charge in [-0.15, -0.1) is 0 Å². The van der Waals surface area contributed by atoms with Crippen LogP contribution in [0.5, 0.6) is 0 Å². The summed E-state index contributed by atoms with van der Waals surface area (Å²) in [6.45, 7) is 1.13. The third-order valence-electron chi connectivity index (χ3n) is 2.94. The number of nitrogens with zero attached hydrogens (tertiary/aromatic N) is 1. The van der Waals surface area contributed by atoms with Crippen LogP contribution in [0.25, 0.3) is 0 Å². The van der Waals surface area contributed by atoms with Crippen LogP contribution in [0, 0.1) is 16.0 Å². The highest BCUT2D eigenvalue weighted by Gasteiger charge is 2.22. The Bertz CT molecular complexity index is 501. The van der Waals surface area contributed by atoms with E-state index in [0.29, 0.717) is 23.4 Å². The summed E-state index contributed by atoms with van der Waals surface area (Å²) in [5.41, 5.74) is 0.507. The number of amides is 1. The molecule has 0 unspecified atom stereocenters. The number of nitro benzene ring substituents is 1. The van der Waals surface area contributed by atoms with Crippen LogP contribution in [0.15, 0.2) is 22.7 Å². The molecular formula is C12H13BrN2O4. The molecule has 0 bridgehead atoms. The van der Waals surface area contributed by atoms with Crippen molar-refractivity contribution in [1.82, 2.24) is 0 Å². The van der Waals surface area contributed by atoms with Crippen LogP contribution >= 0.6 is 15.9 Å². The number of ether oxygens (including phenoxy) is 1. The van der Waals surface area contributed by atoms with E-state index < -0.39 is 4.92 Å². The van der Waals surface area contributed by atoms with Crippen LogP contribution in [-0.4, -0.2) is 24.0 Å². The summed E-state index contributed by atoms with van der Waals surface area (Å²) in [5.74, 6) is -0.261. The number of rotatable bonds is 3. The van der Waals surface area contributed by atoms with Crippen LogP contribution in [0.3, 0.4) is 0 Å². The minimum atomic E-state index is -0.481. The largest absolute Gasteiger partial charge is 0.381 e. The first-order chi connectivity index (χ1) is 9.08. The summed E-state index contributed by atoms with van der Waals surface area (Å²) >= 11 is 3.12. The van der Waals surface area contributed by atoms with Gasteiger partial charge in [-0.2, -0.15) is 0 Å². The third-order valence-corrected chi connectivity index (χ3v) is 3.58. The summed E-state index contributed by atoms with van der Waals surface area (Å²) < 4.78 is 5.60. The Hall–Kier alpha value is -1.47. The molecule has 2 rings (SSSR count). The van der Waals surface area contributed by atoms with E-state index in [0.717, 1.165) is 12.8 Å². The molecule has 1 aromatic rings. The smallest absolute Gasteiger partial charge is 0.283 e. The molecular weight excluding hydrogens is 316 g/mol. The highest BCUT2D eigenvalue weighted by Crippen LogP contribution is 2.28. The molecule has 1 saturated heterocycles. The average molecular weight is 329 g/mol. The van der Waals surface area contributed by atoms with Gasteiger partial charge in [0, 0.05) is 18.4 Å². The van der Waals surface area contributed by atoms with E-state index in [9.17, 15) is 14.9 Å². The van der Waals surface area contributed by atoms with E-state index in [2.05, 4.69) is 21.2 Å². The fourth-order valence-corrected chi connectivity index (χ4v) is 2.45. The maximum absolute atomic E-state index is 12.0. The van der Waals surface area contributed by atoms with Crippen LogP contribution in [-0.2, 0) is 9.53 Å². The Morgan fingerprint density at radius 3 is 2.89 bits per heavy atom. The van der Waals surface area contributed by atoms with Gasteiger partial charge in [0.15, 0.2) is 0 Å². The van der Waals surface area contributed by atoms with Crippen molar-refractivity contribution < 1.29 is 14.5 Å². The predicted molar refractivity (Wildman–Crippen MR) is 73.0 cm³/mol. The lowest BCUT2D eigenvalue weighted by atomic mass is 10.0. The van der Waals surface area contributed by atoms with E-state index in [1.807, 2.05) is 0 Å². The molecule has 1 heterocycles. The number of anilines is 1. The SMILES string of the molecule is O=C(Nc1ccc([N+](=O)[O-])c(Br)c1)[C@H]1CCCOC1. The van der Waals surface area contributed by atoms with Gasteiger partial charge in [0.1, 0.15) is 0 Å². The van der Waals surface area contributed by atoms with Gasteiger partial charge in [0.25, 0.3) is 5.69 Å². The van der Waals surface area contributed by atoms with E-state index >= 15 is 0 Å². The van der Waals surface area contributed by atoms with Gasteiger partial charge >= 0.3 is 0 Å². The number of hydrogen-bond acceptors (Lipinski definition) is 4. The fourth-order valence-electron chi connectivity index (χ4n) is 1.92. The van der Waals surface area contributed by atoms with Crippen LogP contribution in [0.2, 0.25) is 0 Å². The normalized spacial score (nSPS) is 18.9. The summed E-state index contributed by atoms with van der Waals surface area (Å²) in [6.07, 6.45) is 1.68. The highest BCUT2D eigenvalue weighted by atomic mass is 79.9. The molecule has 102 valence electrons. The molecule has 0 aromatic heterocycles. The van der Waals surface area contributed by atoms with Gasteiger partial charge < -0.3 is 10.1 Å². The second-order valence-electron chi connectivity index (χ2n) is 4.33. The molecule has 1 aromatic carbocycles. The van der Waals surface area contributed by atoms with Gasteiger partial charge in [0.05, 0.1) is 21.9 Å². The van der Waals surface area contributed by atoms with Crippen LogP contribution in [0.4, 0.5) is 11.4 Å². The Labute approximate surface area is 118 Å². The monoisotopic (exact) mass is 328 g/mol. The van der Waals surface area contributed by atoms with Crippen molar-refractivity contribution in [3.05, 3.63) is 32.8 Å². The molecule has 0 radical (unpaired) electrons. The molecule has 1 fully saturated rings. The van der Waals surface area contributed by atoms with E-state index in [1.165, 1.54) is 18.2 Å². The summed E-state index contributed by atoms with van der Waals surface area (Å²) in [5, 5.41) is 13.4. The van der Waals surface area contributed by atoms with Crippen molar-refractivity contribution in [2.75, 3.05) is 18.5 Å². The maximum Gasteiger partial charge on any atom is 0.283 e. The van der Waals surface area contributed by atoms with Gasteiger partial charge in [-0.1, -0.05) is 0 Å². The zero-order chi connectivity index (χ0) is 13.8. The second-order valence-corrected chi connectivity index (χ2v) is 5.18. The lowest BCUT2D eigenvalue weighted by Gasteiger charge is -2.21.